The van der Waals surface area contributed by atoms with E-state index in [9.17, 15) is 13.2 Å². The largest absolute Gasteiger partial charge is 0.349 e. The third-order valence-corrected chi connectivity index (χ3v) is 9.52. The highest BCUT2D eigenvalue weighted by molar-refractivity contribution is 7.99. The minimum Gasteiger partial charge on any atom is -0.349 e. The second kappa shape index (κ2) is 9.14. The summed E-state index contributed by atoms with van der Waals surface area (Å²) < 4.78 is 27.6. The first-order valence-electron chi connectivity index (χ1n) is 10.6. The fraction of sp³-hybridized carbons (Fsp3) is 0.435. The average Bonchev–Trinajstić information content (AvgIpc) is 2.76. The number of thioether (sulfide) groups is 1. The Labute approximate surface area is 193 Å². The summed E-state index contributed by atoms with van der Waals surface area (Å²) in [4.78, 5) is 14.4. The number of benzene rings is 2. The first-order chi connectivity index (χ1) is 14.8. The summed E-state index contributed by atoms with van der Waals surface area (Å²) in [5, 5.41) is 3.86. The third-order valence-electron chi connectivity index (χ3n) is 6.27. The highest BCUT2D eigenvalue weighted by atomic mass is 35.5. The quantitative estimate of drug-likeness (QED) is 0.691. The van der Waals surface area contributed by atoms with Gasteiger partial charge in [0.25, 0.3) is 0 Å². The van der Waals surface area contributed by atoms with E-state index in [0.717, 1.165) is 33.8 Å². The predicted octanol–water partition coefficient (Wildman–Crippen LogP) is 4.71. The van der Waals surface area contributed by atoms with E-state index in [1.54, 1.807) is 23.9 Å². The molecule has 2 heterocycles. The first-order valence-corrected chi connectivity index (χ1v) is 13.4. The van der Waals surface area contributed by atoms with E-state index < -0.39 is 10.0 Å². The molecular weight excluding hydrogens is 452 g/mol. The fourth-order valence-electron chi connectivity index (χ4n) is 4.19. The summed E-state index contributed by atoms with van der Waals surface area (Å²) in [7, 11) is -3.54. The maximum Gasteiger partial charge on any atom is 0.243 e. The van der Waals surface area contributed by atoms with Crippen LogP contribution in [-0.2, 0) is 14.8 Å². The van der Waals surface area contributed by atoms with Gasteiger partial charge in [-0.15, -0.1) is 11.8 Å². The number of aryl methyl sites for hydroxylation is 2. The Bertz CT molecular complexity index is 1100. The van der Waals surface area contributed by atoms with E-state index in [2.05, 4.69) is 5.32 Å². The molecule has 1 amide bonds. The zero-order valence-electron chi connectivity index (χ0n) is 17.7. The molecule has 5 nitrogen and oxygen atoms in total. The molecule has 2 aliphatic heterocycles. The van der Waals surface area contributed by atoms with E-state index in [0.29, 0.717) is 35.8 Å². The Balaban J connectivity index is 1.40. The number of halogens is 1. The molecular formula is C23H27ClN2O3S2. The van der Waals surface area contributed by atoms with Crippen molar-refractivity contribution in [3.8, 4) is 0 Å². The number of hydrogen-bond donors (Lipinski definition) is 1. The predicted molar refractivity (Wildman–Crippen MR) is 125 cm³/mol. The van der Waals surface area contributed by atoms with E-state index in [-0.39, 0.29) is 17.9 Å². The van der Waals surface area contributed by atoms with Crippen molar-refractivity contribution >= 4 is 39.3 Å². The highest BCUT2D eigenvalue weighted by Crippen LogP contribution is 2.38. The number of sulfonamides is 1. The summed E-state index contributed by atoms with van der Waals surface area (Å²) in [6.07, 6.45) is 1.92. The second-order valence-corrected chi connectivity index (χ2v) is 11.8. The molecule has 2 aromatic rings. The topological polar surface area (TPSA) is 66.5 Å². The van der Waals surface area contributed by atoms with Crippen LogP contribution in [0.3, 0.4) is 0 Å². The average molecular weight is 479 g/mol. The van der Waals surface area contributed by atoms with Crippen LogP contribution < -0.4 is 5.32 Å². The standard InChI is InChI=1S/C23H27ClN2O3S2/c1-15-3-5-19(13-16(15)2)31(28,29)26-10-7-17(8-11-26)23(27)25-21-9-12-30-22-6-4-18(24)14-20(21)22/h3-6,13-14,17,21H,7-12H2,1-2H3,(H,25,27). The molecule has 0 bridgehead atoms. The number of carbonyl (C=O) groups is 1. The van der Waals surface area contributed by atoms with Crippen molar-refractivity contribution in [2.45, 2.75) is 48.9 Å². The Kier molecular flexibility index (Phi) is 6.68. The maximum absolute atomic E-state index is 13.0. The van der Waals surface area contributed by atoms with Crippen molar-refractivity contribution in [1.29, 1.82) is 0 Å². The van der Waals surface area contributed by atoms with E-state index in [1.165, 1.54) is 4.31 Å². The molecule has 31 heavy (non-hydrogen) atoms. The van der Waals surface area contributed by atoms with Crippen LogP contribution in [0.15, 0.2) is 46.2 Å². The Morgan fingerprint density at radius 1 is 1.06 bits per heavy atom. The molecule has 0 saturated carbocycles. The van der Waals surface area contributed by atoms with Gasteiger partial charge in [-0.25, -0.2) is 8.42 Å². The van der Waals surface area contributed by atoms with E-state index in [1.807, 2.05) is 38.1 Å². The lowest BCUT2D eigenvalue weighted by molar-refractivity contribution is -0.126. The number of nitrogens with zero attached hydrogens (tertiary/aromatic N) is 1. The summed E-state index contributed by atoms with van der Waals surface area (Å²) in [6, 6.07) is 11.0. The van der Waals surface area contributed by atoms with Gasteiger partial charge in [0.2, 0.25) is 15.9 Å². The van der Waals surface area contributed by atoms with Gasteiger partial charge in [-0.2, -0.15) is 4.31 Å². The molecule has 8 heteroatoms. The van der Waals surface area contributed by atoms with Gasteiger partial charge in [0.15, 0.2) is 0 Å². The van der Waals surface area contributed by atoms with Gasteiger partial charge < -0.3 is 5.32 Å². The molecule has 2 aliphatic rings. The Hall–Kier alpha value is -1.54. The molecule has 1 saturated heterocycles. The van der Waals surface area contributed by atoms with Crippen LogP contribution in [-0.4, -0.2) is 37.5 Å². The zero-order chi connectivity index (χ0) is 22.2. The van der Waals surface area contributed by atoms with Crippen LogP contribution in [0.2, 0.25) is 5.02 Å². The highest BCUT2D eigenvalue weighted by Gasteiger charge is 2.33. The SMILES string of the molecule is Cc1ccc(S(=O)(=O)N2CCC(C(=O)NC3CCSc4ccc(Cl)cc43)CC2)cc1C. The van der Waals surface area contributed by atoms with Gasteiger partial charge in [0, 0.05) is 34.7 Å². The van der Waals surface area contributed by atoms with Crippen molar-refractivity contribution in [3.63, 3.8) is 0 Å². The summed E-state index contributed by atoms with van der Waals surface area (Å²) in [6.45, 7) is 4.60. The summed E-state index contributed by atoms with van der Waals surface area (Å²) >= 11 is 7.95. The summed E-state index contributed by atoms with van der Waals surface area (Å²) in [5.41, 5.74) is 3.10. The lowest BCUT2D eigenvalue weighted by Gasteiger charge is -2.32. The fourth-order valence-corrected chi connectivity index (χ4v) is 7.03. The normalized spacial score (nSPS) is 20.3. The molecule has 2 aromatic carbocycles. The molecule has 0 radical (unpaired) electrons. The van der Waals surface area contributed by atoms with E-state index in [4.69, 9.17) is 11.6 Å². The van der Waals surface area contributed by atoms with Gasteiger partial charge in [0.05, 0.1) is 10.9 Å². The molecule has 166 valence electrons. The number of nitrogens with one attached hydrogen (secondary N) is 1. The van der Waals surface area contributed by atoms with Crippen molar-refractivity contribution in [3.05, 3.63) is 58.1 Å². The Morgan fingerprint density at radius 3 is 2.52 bits per heavy atom. The first kappa shape index (κ1) is 22.6. The molecule has 0 aromatic heterocycles. The maximum atomic E-state index is 13.0. The molecule has 4 rings (SSSR count). The lowest BCUT2D eigenvalue weighted by atomic mass is 9.95. The summed E-state index contributed by atoms with van der Waals surface area (Å²) in [5.74, 6) is 0.779. The molecule has 1 fully saturated rings. The molecule has 0 aliphatic carbocycles. The van der Waals surface area contributed by atoms with Crippen molar-refractivity contribution < 1.29 is 13.2 Å². The number of hydrogen-bond acceptors (Lipinski definition) is 4. The third kappa shape index (κ3) is 4.80. The smallest absolute Gasteiger partial charge is 0.243 e. The number of piperidine rings is 1. The van der Waals surface area contributed by atoms with Crippen LogP contribution in [0.25, 0.3) is 0 Å². The number of fused-ring (bicyclic) bond motifs is 1. The van der Waals surface area contributed by atoms with Crippen molar-refractivity contribution in [1.82, 2.24) is 9.62 Å². The molecule has 1 atom stereocenters. The van der Waals surface area contributed by atoms with Gasteiger partial charge >= 0.3 is 0 Å². The van der Waals surface area contributed by atoms with Crippen LogP contribution in [0.1, 0.15) is 42.0 Å². The monoisotopic (exact) mass is 478 g/mol. The second-order valence-electron chi connectivity index (χ2n) is 8.30. The van der Waals surface area contributed by atoms with Crippen LogP contribution in [0.5, 0.6) is 0 Å². The van der Waals surface area contributed by atoms with Gasteiger partial charge in [-0.05, 0) is 80.1 Å². The molecule has 1 N–H and O–H groups in total. The van der Waals surface area contributed by atoms with Crippen molar-refractivity contribution in [2.75, 3.05) is 18.8 Å². The van der Waals surface area contributed by atoms with Crippen LogP contribution in [0.4, 0.5) is 0 Å². The lowest BCUT2D eigenvalue weighted by Crippen LogP contribution is -2.44. The number of carbonyl (C=O) groups excluding carboxylic acids is 1. The van der Waals surface area contributed by atoms with Crippen LogP contribution in [0, 0.1) is 19.8 Å². The van der Waals surface area contributed by atoms with Gasteiger partial charge in [-0.3, -0.25) is 4.79 Å². The van der Waals surface area contributed by atoms with E-state index >= 15 is 0 Å². The van der Waals surface area contributed by atoms with Crippen LogP contribution >= 0.6 is 23.4 Å². The zero-order valence-corrected chi connectivity index (χ0v) is 20.1. The number of amides is 1. The minimum absolute atomic E-state index is 0.00561. The molecule has 1 unspecified atom stereocenters. The minimum atomic E-state index is -3.54. The van der Waals surface area contributed by atoms with Gasteiger partial charge in [0.1, 0.15) is 0 Å². The van der Waals surface area contributed by atoms with Crippen molar-refractivity contribution in [2.24, 2.45) is 5.92 Å². The Morgan fingerprint density at radius 2 is 1.81 bits per heavy atom. The molecule has 0 spiro atoms. The number of rotatable bonds is 4. The van der Waals surface area contributed by atoms with Gasteiger partial charge in [-0.1, -0.05) is 17.7 Å².